The fraction of sp³-hybridized carbons (Fsp3) is 0.600. The number of rotatable bonds is 8. The minimum atomic E-state index is -0.746. The first-order valence-corrected chi connectivity index (χ1v) is 9.85. The van der Waals surface area contributed by atoms with Gasteiger partial charge in [-0.3, -0.25) is 14.9 Å². The summed E-state index contributed by atoms with van der Waals surface area (Å²) in [7, 11) is 0. The molecule has 1 aliphatic heterocycles. The molecule has 1 aromatic carbocycles. The Kier molecular flexibility index (Phi) is 8.22. The van der Waals surface area contributed by atoms with Gasteiger partial charge in [0.15, 0.2) is 6.61 Å². The highest BCUT2D eigenvalue weighted by molar-refractivity contribution is 5.93. The van der Waals surface area contributed by atoms with Crippen molar-refractivity contribution in [2.75, 3.05) is 31.1 Å². The number of hydrogen-bond acceptors (Lipinski definition) is 6. The van der Waals surface area contributed by atoms with Gasteiger partial charge in [-0.1, -0.05) is 26.7 Å². The van der Waals surface area contributed by atoms with E-state index >= 15 is 0 Å². The highest BCUT2D eigenvalue weighted by atomic mass is 16.6. The van der Waals surface area contributed by atoms with Crippen molar-refractivity contribution >= 4 is 23.3 Å². The number of nitrogens with zero attached hydrogens (tertiary/aromatic N) is 2. The molecule has 0 unspecified atom stereocenters. The summed E-state index contributed by atoms with van der Waals surface area (Å²) in [6, 6.07) is 4.36. The van der Waals surface area contributed by atoms with Gasteiger partial charge in [0, 0.05) is 25.7 Å². The van der Waals surface area contributed by atoms with E-state index in [1.807, 2.05) is 18.7 Å². The first kappa shape index (κ1) is 21.7. The van der Waals surface area contributed by atoms with Gasteiger partial charge < -0.3 is 15.0 Å². The number of ether oxygens (including phenoxy) is 1. The molecule has 0 saturated carbocycles. The van der Waals surface area contributed by atoms with Gasteiger partial charge in [-0.25, -0.2) is 4.79 Å². The van der Waals surface area contributed by atoms with Crippen molar-refractivity contribution in [2.24, 2.45) is 5.92 Å². The molecule has 28 heavy (non-hydrogen) atoms. The van der Waals surface area contributed by atoms with E-state index in [0.29, 0.717) is 18.2 Å². The summed E-state index contributed by atoms with van der Waals surface area (Å²) in [6.07, 6.45) is 5.06. The molecule has 1 amide bonds. The van der Waals surface area contributed by atoms with E-state index in [1.54, 1.807) is 6.07 Å². The largest absolute Gasteiger partial charge is 0.452 e. The zero-order valence-corrected chi connectivity index (χ0v) is 16.6. The van der Waals surface area contributed by atoms with Crippen molar-refractivity contribution in [3.63, 3.8) is 0 Å². The van der Waals surface area contributed by atoms with Gasteiger partial charge in [-0.2, -0.15) is 0 Å². The third-order valence-electron chi connectivity index (χ3n) is 4.73. The number of amides is 1. The maximum Gasteiger partial charge on any atom is 0.338 e. The van der Waals surface area contributed by atoms with Crippen LogP contribution in [0.3, 0.4) is 0 Å². The molecule has 154 valence electrons. The summed E-state index contributed by atoms with van der Waals surface area (Å²) in [5.74, 6) is -0.666. The lowest BCUT2D eigenvalue weighted by Gasteiger charge is -2.22. The van der Waals surface area contributed by atoms with Crippen LogP contribution in [0.5, 0.6) is 0 Å². The highest BCUT2D eigenvalue weighted by Crippen LogP contribution is 2.31. The zero-order chi connectivity index (χ0) is 20.5. The van der Waals surface area contributed by atoms with Crippen LogP contribution < -0.4 is 10.2 Å². The third kappa shape index (κ3) is 6.51. The number of nitrogens with one attached hydrogen (secondary N) is 1. The second-order valence-electron chi connectivity index (χ2n) is 7.47. The Labute approximate surface area is 165 Å². The second-order valence-corrected chi connectivity index (χ2v) is 7.47. The molecular formula is C20H29N3O5. The Morgan fingerprint density at radius 1 is 1.21 bits per heavy atom. The van der Waals surface area contributed by atoms with Crippen LogP contribution in [0.2, 0.25) is 0 Å². The quantitative estimate of drug-likeness (QED) is 0.414. The Morgan fingerprint density at radius 2 is 1.89 bits per heavy atom. The normalized spacial score (nSPS) is 14.5. The maximum atomic E-state index is 12.2. The highest BCUT2D eigenvalue weighted by Gasteiger charge is 2.23. The second kappa shape index (κ2) is 10.6. The van der Waals surface area contributed by atoms with Crippen LogP contribution in [0, 0.1) is 16.0 Å². The summed E-state index contributed by atoms with van der Waals surface area (Å²) >= 11 is 0. The molecule has 1 fully saturated rings. The van der Waals surface area contributed by atoms with E-state index in [9.17, 15) is 19.7 Å². The Balaban J connectivity index is 2.01. The first-order valence-electron chi connectivity index (χ1n) is 9.85. The van der Waals surface area contributed by atoms with Gasteiger partial charge >= 0.3 is 5.97 Å². The molecule has 1 aliphatic rings. The fourth-order valence-electron chi connectivity index (χ4n) is 3.14. The van der Waals surface area contributed by atoms with Gasteiger partial charge in [-0.15, -0.1) is 0 Å². The number of benzene rings is 1. The minimum Gasteiger partial charge on any atom is -0.452 e. The SMILES string of the molecule is CC(C)CCNC(=O)COC(=O)c1ccc(N2CCCCCC2)c([N+](=O)[O-])c1. The summed E-state index contributed by atoms with van der Waals surface area (Å²) < 4.78 is 5.00. The molecule has 0 bridgehead atoms. The molecule has 0 aromatic heterocycles. The van der Waals surface area contributed by atoms with Crippen molar-refractivity contribution in [1.82, 2.24) is 5.32 Å². The monoisotopic (exact) mass is 391 g/mol. The summed E-state index contributed by atoms with van der Waals surface area (Å²) in [5, 5.41) is 14.2. The van der Waals surface area contributed by atoms with Crippen LogP contribution >= 0.6 is 0 Å². The van der Waals surface area contributed by atoms with E-state index in [1.165, 1.54) is 12.1 Å². The number of hydrogen-bond donors (Lipinski definition) is 1. The van der Waals surface area contributed by atoms with Crippen LogP contribution in [0.25, 0.3) is 0 Å². The lowest BCUT2D eigenvalue weighted by Crippen LogP contribution is -2.30. The lowest BCUT2D eigenvalue weighted by molar-refractivity contribution is -0.384. The molecular weight excluding hydrogens is 362 g/mol. The molecule has 2 rings (SSSR count). The van der Waals surface area contributed by atoms with E-state index < -0.39 is 17.5 Å². The minimum absolute atomic E-state index is 0.0697. The third-order valence-corrected chi connectivity index (χ3v) is 4.73. The first-order chi connectivity index (χ1) is 13.4. The summed E-state index contributed by atoms with van der Waals surface area (Å²) in [6.45, 7) is 5.74. The standard InChI is InChI=1S/C20H29N3O5/c1-15(2)9-10-21-19(24)14-28-20(25)16-7-8-17(18(13-16)23(26)27)22-11-5-3-4-6-12-22/h7-8,13,15H,3-6,9-12,14H2,1-2H3,(H,21,24). The van der Waals surface area contributed by atoms with Crippen molar-refractivity contribution in [1.29, 1.82) is 0 Å². The van der Waals surface area contributed by atoms with Crippen molar-refractivity contribution in [3.05, 3.63) is 33.9 Å². The molecule has 0 spiro atoms. The van der Waals surface area contributed by atoms with Crippen LogP contribution in [0.1, 0.15) is 56.3 Å². The number of carbonyl (C=O) groups excluding carboxylic acids is 2. The molecule has 1 aromatic rings. The molecule has 1 heterocycles. The number of anilines is 1. The fourth-order valence-corrected chi connectivity index (χ4v) is 3.14. The molecule has 0 aliphatic carbocycles. The van der Waals surface area contributed by atoms with E-state index in [-0.39, 0.29) is 17.2 Å². The van der Waals surface area contributed by atoms with Crippen LogP contribution in [0.15, 0.2) is 18.2 Å². The average molecular weight is 391 g/mol. The molecule has 8 heteroatoms. The number of nitro groups is 1. The van der Waals surface area contributed by atoms with E-state index in [2.05, 4.69) is 5.32 Å². The molecule has 8 nitrogen and oxygen atoms in total. The van der Waals surface area contributed by atoms with E-state index in [0.717, 1.165) is 45.2 Å². The van der Waals surface area contributed by atoms with Crippen LogP contribution in [-0.2, 0) is 9.53 Å². The Hall–Kier alpha value is -2.64. The number of nitro benzene ring substituents is 1. The molecule has 1 N–H and O–H groups in total. The maximum absolute atomic E-state index is 12.2. The van der Waals surface area contributed by atoms with Crippen LogP contribution in [0.4, 0.5) is 11.4 Å². The van der Waals surface area contributed by atoms with Crippen LogP contribution in [-0.4, -0.2) is 43.0 Å². The Morgan fingerprint density at radius 3 is 2.50 bits per heavy atom. The van der Waals surface area contributed by atoms with Gasteiger partial charge in [0.1, 0.15) is 5.69 Å². The smallest absolute Gasteiger partial charge is 0.338 e. The van der Waals surface area contributed by atoms with E-state index in [4.69, 9.17) is 4.74 Å². The van der Waals surface area contributed by atoms with Gasteiger partial charge in [0.2, 0.25) is 0 Å². The van der Waals surface area contributed by atoms with Crippen molar-refractivity contribution < 1.29 is 19.2 Å². The Bertz CT molecular complexity index is 697. The molecule has 0 radical (unpaired) electrons. The summed E-state index contributed by atoms with van der Waals surface area (Å²) in [4.78, 5) is 37.0. The predicted molar refractivity (Wildman–Crippen MR) is 107 cm³/mol. The zero-order valence-electron chi connectivity index (χ0n) is 16.6. The molecule has 0 atom stereocenters. The van der Waals surface area contributed by atoms with Gasteiger partial charge in [0.25, 0.3) is 11.6 Å². The topological polar surface area (TPSA) is 102 Å². The predicted octanol–water partition coefficient (Wildman–Crippen LogP) is 3.29. The number of carbonyl (C=O) groups is 2. The summed E-state index contributed by atoms with van der Waals surface area (Å²) in [5.41, 5.74) is 0.480. The molecule has 1 saturated heterocycles. The van der Waals surface area contributed by atoms with Crippen molar-refractivity contribution in [2.45, 2.75) is 46.0 Å². The lowest BCUT2D eigenvalue weighted by atomic mass is 10.1. The van der Waals surface area contributed by atoms with Gasteiger partial charge in [-0.05, 0) is 37.3 Å². The number of esters is 1. The van der Waals surface area contributed by atoms with Gasteiger partial charge in [0.05, 0.1) is 10.5 Å². The van der Waals surface area contributed by atoms with Crippen molar-refractivity contribution in [3.8, 4) is 0 Å². The average Bonchev–Trinajstić information content (AvgIpc) is 2.94.